The van der Waals surface area contributed by atoms with Crippen LogP contribution >= 0.6 is 0 Å². The number of nitrogens with zero attached hydrogens (tertiary/aromatic N) is 1. The third-order valence-electron chi connectivity index (χ3n) is 6.04. The number of rotatable bonds is 13. The van der Waals surface area contributed by atoms with E-state index in [4.69, 9.17) is 5.41 Å². The Balaban J connectivity index is 0.000000730. The third kappa shape index (κ3) is 10.6. The molecule has 0 unspecified atom stereocenters. The smallest absolute Gasteiger partial charge is 0.0656 e. The lowest BCUT2D eigenvalue weighted by atomic mass is 9.91. The molecule has 1 fully saturated rings. The summed E-state index contributed by atoms with van der Waals surface area (Å²) in [5.74, 6) is 0.686. The molecule has 1 heterocycles. The van der Waals surface area contributed by atoms with Crippen LogP contribution in [-0.2, 0) is 12.8 Å². The number of benzene rings is 1. The molecular formula is C29H49N3. The van der Waals surface area contributed by atoms with Gasteiger partial charge in [-0.3, -0.25) is 5.41 Å². The number of nitrogens with one attached hydrogen (secondary N) is 2. The van der Waals surface area contributed by atoms with Gasteiger partial charge < -0.3 is 10.2 Å². The van der Waals surface area contributed by atoms with Gasteiger partial charge in [0.15, 0.2) is 0 Å². The Morgan fingerprint density at radius 1 is 1.16 bits per heavy atom. The largest absolute Gasteiger partial charge is 0.381 e. The van der Waals surface area contributed by atoms with E-state index in [1.165, 1.54) is 69.2 Å². The third-order valence-corrected chi connectivity index (χ3v) is 6.04. The molecule has 0 saturated carbocycles. The minimum Gasteiger partial charge on any atom is -0.381 e. The maximum atomic E-state index is 8.55. The van der Waals surface area contributed by atoms with Gasteiger partial charge in [-0.05, 0) is 94.3 Å². The second-order valence-electron chi connectivity index (χ2n) is 9.76. The zero-order chi connectivity index (χ0) is 23.9. The molecule has 3 nitrogen and oxygen atoms in total. The molecular weight excluding hydrogens is 390 g/mol. The molecule has 1 aliphatic rings. The van der Waals surface area contributed by atoms with Crippen molar-refractivity contribution in [2.75, 3.05) is 32.0 Å². The molecule has 180 valence electrons. The van der Waals surface area contributed by atoms with Crippen LogP contribution < -0.4 is 5.32 Å². The fraction of sp³-hybridized carbons (Fsp3) is 0.621. The number of likely N-dealkylation sites (tertiary alicyclic amines) is 1. The Labute approximate surface area is 198 Å². The molecule has 0 bridgehead atoms. The molecule has 1 aliphatic heterocycles. The van der Waals surface area contributed by atoms with Crippen LogP contribution in [-0.4, -0.2) is 37.3 Å². The first-order valence-corrected chi connectivity index (χ1v) is 12.7. The first-order valence-electron chi connectivity index (χ1n) is 12.7. The number of aryl methyl sites for hydroxylation is 2. The molecule has 0 amide bonds. The molecule has 1 aromatic rings. The van der Waals surface area contributed by atoms with E-state index < -0.39 is 0 Å². The van der Waals surface area contributed by atoms with Gasteiger partial charge in [0, 0.05) is 17.8 Å². The van der Waals surface area contributed by atoms with Crippen LogP contribution in [0.15, 0.2) is 36.9 Å². The summed E-state index contributed by atoms with van der Waals surface area (Å²) in [6, 6.07) is 4.55. The highest BCUT2D eigenvalue weighted by atomic mass is 15.1. The summed E-state index contributed by atoms with van der Waals surface area (Å²) >= 11 is 0. The minimum absolute atomic E-state index is 0.540. The van der Waals surface area contributed by atoms with E-state index in [0.29, 0.717) is 18.2 Å². The monoisotopic (exact) mass is 439 g/mol. The second-order valence-corrected chi connectivity index (χ2v) is 9.76. The summed E-state index contributed by atoms with van der Waals surface area (Å²) in [6.07, 6.45) is 13.0. The highest BCUT2D eigenvalue weighted by Gasteiger charge is 2.15. The Kier molecular flexibility index (Phi) is 14.0. The van der Waals surface area contributed by atoms with E-state index in [9.17, 15) is 0 Å². The fourth-order valence-corrected chi connectivity index (χ4v) is 3.99. The maximum Gasteiger partial charge on any atom is 0.0656 e. The van der Waals surface area contributed by atoms with Crippen LogP contribution in [0.1, 0.15) is 89.3 Å². The predicted octanol–water partition coefficient (Wildman–Crippen LogP) is 7.65. The van der Waals surface area contributed by atoms with Crippen LogP contribution in [0.3, 0.4) is 0 Å². The van der Waals surface area contributed by atoms with Gasteiger partial charge in [0.2, 0.25) is 0 Å². The van der Waals surface area contributed by atoms with E-state index >= 15 is 0 Å². The number of unbranched alkanes of at least 4 members (excludes halogenated alkanes) is 3. The molecule has 3 heteroatoms. The predicted molar refractivity (Wildman–Crippen MR) is 145 cm³/mol. The summed E-state index contributed by atoms with van der Waals surface area (Å²) in [4.78, 5) is 2.36. The van der Waals surface area contributed by atoms with Crippen molar-refractivity contribution < 1.29 is 0 Å². The van der Waals surface area contributed by atoms with Gasteiger partial charge >= 0.3 is 0 Å². The Bertz CT molecular complexity index is 711. The van der Waals surface area contributed by atoms with E-state index in [1.54, 1.807) is 0 Å². The van der Waals surface area contributed by atoms with Crippen molar-refractivity contribution >= 4 is 11.4 Å². The van der Waals surface area contributed by atoms with Crippen LogP contribution in [0.5, 0.6) is 0 Å². The summed E-state index contributed by atoms with van der Waals surface area (Å²) in [5.41, 5.74) is 6.12. The SMILES string of the molecule is C=CCNc1c(CCCCCC)cc(CCC(C)C)cc1C(=N)C(=C)C.CN1CCCC1. The normalized spacial score (nSPS) is 13.6. The van der Waals surface area contributed by atoms with Gasteiger partial charge in [0.25, 0.3) is 0 Å². The standard InChI is InChI=1S/C24H38N2.C5H11N/c1-7-9-10-11-12-21-16-20(14-13-18(3)4)17-22(23(25)19(5)6)24(21)26-15-8-2;1-6-4-2-3-5-6/h8,16-18,25-26H,2,5,7,9-15H2,1,3-4,6H3;2-5H2,1H3. The molecule has 2 rings (SSSR count). The van der Waals surface area contributed by atoms with Crippen LogP contribution in [0.4, 0.5) is 5.69 Å². The van der Waals surface area contributed by atoms with Crippen LogP contribution in [0, 0.1) is 11.3 Å². The van der Waals surface area contributed by atoms with Crippen molar-refractivity contribution in [2.24, 2.45) is 5.92 Å². The molecule has 0 aromatic heterocycles. The average molecular weight is 440 g/mol. The summed E-state index contributed by atoms with van der Waals surface area (Å²) in [5, 5.41) is 12.0. The summed E-state index contributed by atoms with van der Waals surface area (Å²) < 4.78 is 0. The fourth-order valence-electron chi connectivity index (χ4n) is 3.99. The topological polar surface area (TPSA) is 39.1 Å². The molecule has 0 radical (unpaired) electrons. The lowest BCUT2D eigenvalue weighted by molar-refractivity contribution is 0.418. The van der Waals surface area contributed by atoms with Gasteiger partial charge in [-0.1, -0.05) is 58.8 Å². The van der Waals surface area contributed by atoms with Crippen molar-refractivity contribution in [3.63, 3.8) is 0 Å². The molecule has 1 saturated heterocycles. The van der Waals surface area contributed by atoms with Gasteiger partial charge in [0.05, 0.1) is 5.71 Å². The zero-order valence-electron chi connectivity index (χ0n) is 21.7. The summed E-state index contributed by atoms with van der Waals surface area (Å²) in [7, 11) is 2.17. The van der Waals surface area contributed by atoms with Crippen molar-refractivity contribution in [3.8, 4) is 0 Å². The van der Waals surface area contributed by atoms with Gasteiger partial charge in [-0.2, -0.15) is 0 Å². The molecule has 0 aliphatic carbocycles. The summed E-state index contributed by atoms with van der Waals surface area (Å²) in [6.45, 7) is 19.9. The lowest BCUT2D eigenvalue weighted by Crippen LogP contribution is -2.12. The zero-order valence-corrected chi connectivity index (χ0v) is 21.7. The number of anilines is 1. The molecule has 1 aromatic carbocycles. The van der Waals surface area contributed by atoms with Crippen molar-refractivity contribution in [2.45, 2.75) is 85.5 Å². The highest BCUT2D eigenvalue weighted by molar-refractivity contribution is 6.13. The molecule has 0 spiro atoms. The van der Waals surface area contributed by atoms with E-state index in [0.717, 1.165) is 29.7 Å². The van der Waals surface area contributed by atoms with Crippen molar-refractivity contribution in [1.29, 1.82) is 5.41 Å². The van der Waals surface area contributed by atoms with E-state index in [2.05, 4.69) is 63.3 Å². The number of allylic oxidation sites excluding steroid dienone is 1. The molecule has 32 heavy (non-hydrogen) atoms. The Morgan fingerprint density at radius 3 is 2.34 bits per heavy atom. The average Bonchev–Trinajstić information content (AvgIpc) is 3.24. The minimum atomic E-state index is 0.540. The quantitative estimate of drug-likeness (QED) is 0.188. The van der Waals surface area contributed by atoms with Crippen molar-refractivity contribution in [3.05, 3.63) is 53.6 Å². The Hall–Kier alpha value is -1.87. The number of hydrogen-bond donors (Lipinski definition) is 2. The first kappa shape index (κ1) is 28.2. The first-order chi connectivity index (χ1) is 15.3. The highest BCUT2D eigenvalue weighted by Crippen LogP contribution is 2.28. The molecule has 0 atom stereocenters. The second kappa shape index (κ2) is 15.9. The lowest BCUT2D eigenvalue weighted by Gasteiger charge is -2.19. The van der Waals surface area contributed by atoms with Crippen LogP contribution in [0.25, 0.3) is 0 Å². The van der Waals surface area contributed by atoms with Crippen molar-refractivity contribution in [1.82, 2.24) is 4.90 Å². The molecule has 2 N–H and O–H groups in total. The van der Waals surface area contributed by atoms with E-state index in [-0.39, 0.29) is 0 Å². The van der Waals surface area contributed by atoms with Crippen LogP contribution in [0.2, 0.25) is 0 Å². The Morgan fingerprint density at radius 2 is 1.84 bits per heavy atom. The van der Waals surface area contributed by atoms with Gasteiger partial charge in [0.1, 0.15) is 0 Å². The number of hydrogen-bond acceptors (Lipinski definition) is 3. The van der Waals surface area contributed by atoms with Gasteiger partial charge in [-0.15, -0.1) is 6.58 Å². The van der Waals surface area contributed by atoms with Gasteiger partial charge in [-0.25, -0.2) is 0 Å². The van der Waals surface area contributed by atoms with E-state index in [1.807, 2.05) is 13.0 Å². The maximum absolute atomic E-state index is 8.55.